The molecule has 0 aromatic heterocycles. The lowest BCUT2D eigenvalue weighted by Gasteiger charge is -2.41. The Kier molecular flexibility index (Phi) is 40.3. The molecule has 6 unspecified atom stereocenters. The Morgan fingerprint density at radius 1 is 0.559 bits per heavy atom. The van der Waals surface area contributed by atoms with E-state index in [0.29, 0.717) is 19.4 Å². The smallest absolute Gasteiger partial charge is 0.397 e. The number of rotatable bonds is 40. The van der Waals surface area contributed by atoms with E-state index in [2.05, 4.69) is 152 Å². The molecule has 0 spiro atoms. The molecule has 1 aliphatic rings. The highest BCUT2D eigenvalue weighted by Gasteiger charge is 2.48. The molecule has 1 saturated heterocycles. The predicted octanol–water partition coefficient (Wildman–Crippen LogP) is 11.3. The lowest BCUT2D eigenvalue weighted by molar-refractivity contribution is -0.301. The van der Waals surface area contributed by atoms with Crippen molar-refractivity contribution in [3.8, 4) is 0 Å². The van der Waals surface area contributed by atoms with Crippen LogP contribution >= 0.6 is 0 Å². The molecule has 0 radical (unpaired) electrons. The van der Waals surface area contributed by atoms with Crippen molar-refractivity contribution < 1.29 is 56.2 Å². The van der Waals surface area contributed by atoms with Gasteiger partial charge in [0.05, 0.1) is 26.4 Å². The molecule has 382 valence electrons. The summed E-state index contributed by atoms with van der Waals surface area (Å²) in [5, 5.41) is 30.7. The Morgan fingerprint density at radius 3 is 1.38 bits per heavy atom. The van der Waals surface area contributed by atoms with Crippen LogP contribution in [-0.4, -0.2) is 97.5 Å². The fraction of sp³-hybridized carbons (Fsp3) is 0.545. The number of esters is 1. The van der Waals surface area contributed by atoms with Crippen molar-refractivity contribution in [3.63, 3.8) is 0 Å². The average Bonchev–Trinajstić information content (AvgIpc) is 3.31. The maximum atomic E-state index is 12.9. The fourth-order valence-corrected chi connectivity index (χ4v) is 6.87. The quantitative estimate of drug-likeness (QED) is 0.0198. The van der Waals surface area contributed by atoms with Gasteiger partial charge in [0.15, 0.2) is 6.29 Å². The second-order valence-electron chi connectivity index (χ2n) is 15.9. The van der Waals surface area contributed by atoms with Gasteiger partial charge in [0, 0.05) is 6.42 Å². The predicted molar refractivity (Wildman–Crippen MR) is 275 cm³/mol. The van der Waals surface area contributed by atoms with Gasteiger partial charge in [-0.25, -0.2) is 4.18 Å². The number of carbonyl (C=O) groups is 1. The maximum absolute atomic E-state index is 12.9. The Labute approximate surface area is 409 Å². The number of aliphatic hydroxyl groups is 3. The van der Waals surface area contributed by atoms with E-state index in [4.69, 9.17) is 18.9 Å². The lowest BCUT2D eigenvalue weighted by atomic mass is 9.99. The summed E-state index contributed by atoms with van der Waals surface area (Å²) < 4.78 is 59.0. The van der Waals surface area contributed by atoms with Crippen LogP contribution in [0.4, 0.5) is 0 Å². The normalized spacial score (nSPS) is 20.6. The summed E-state index contributed by atoms with van der Waals surface area (Å²) in [6.07, 6.45) is 57.6. The van der Waals surface area contributed by atoms with Gasteiger partial charge in [-0.05, 0) is 103 Å². The summed E-state index contributed by atoms with van der Waals surface area (Å²) in [6.45, 7) is 3.46. The average molecular weight is 969 g/mol. The highest BCUT2D eigenvalue weighted by molar-refractivity contribution is 7.80. The minimum Gasteiger partial charge on any atom is -0.457 e. The van der Waals surface area contributed by atoms with Crippen molar-refractivity contribution in [1.82, 2.24) is 0 Å². The summed E-state index contributed by atoms with van der Waals surface area (Å²) in [5.74, 6) is -0.463. The van der Waals surface area contributed by atoms with E-state index < -0.39 is 59.8 Å². The third-order valence-corrected chi connectivity index (χ3v) is 10.4. The van der Waals surface area contributed by atoms with Gasteiger partial charge in [0.1, 0.15) is 30.5 Å². The number of ether oxygens (including phenoxy) is 4. The van der Waals surface area contributed by atoms with Gasteiger partial charge in [-0.3, -0.25) is 9.35 Å². The van der Waals surface area contributed by atoms with Crippen LogP contribution in [0.1, 0.15) is 129 Å². The van der Waals surface area contributed by atoms with E-state index in [-0.39, 0.29) is 19.6 Å². The number of allylic oxidation sites excluding steroid dienone is 23. The van der Waals surface area contributed by atoms with E-state index in [9.17, 15) is 33.1 Å². The summed E-state index contributed by atoms with van der Waals surface area (Å²) in [7, 11) is -5.09. The third-order valence-electron chi connectivity index (χ3n) is 9.98. The second kappa shape index (κ2) is 44.2. The van der Waals surface area contributed by atoms with Gasteiger partial charge in [-0.15, -0.1) is 0 Å². The minimum atomic E-state index is -5.09. The first kappa shape index (κ1) is 62.0. The SMILES string of the molecule is CC/C=C\C/C=C\C/C=C\C/C=C\C/C=C\C/C=C\C/C=C\CCCCCC(=O)OC(COCC/C=C\C/C=C\C/C=C\C/C=C\C/C=C\CC)COC1OC(CO)C(O)C(OS(=O)(=O)O)C1O. The molecule has 0 bridgehead atoms. The van der Waals surface area contributed by atoms with Crippen LogP contribution in [0.3, 0.4) is 0 Å². The van der Waals surface area contributed by atoms with E-state index in [1.807, 2.05) is 12.2 Å². The molecule has 13 heteroatoms. The molecule has 4 N–H and O–H groups in total. The van der Waals surface area contributed by atoms with Gasteiger partial charge >= 0.3 is 16.4 Å². The summed E-state index contributed by atoms with van der Waals surface area (Å²) in [4.78, 5) is 12.9. The first-order valence-corrected chi connectivity index (χ1v) is 26.0. The molecule has 0 aromatic carbocycles. The van der Waals surface area contributed by atoms with Crippen molar-refractivity contribution in [2.24, 2.45) is 0 Å². The number of hydrogen-bond donors (Lipinski definition) is 4. The third kappa shape index (κ3) is 36.9. The van der Waals surface area contributed by atoms with Crippen molar-refractivity contribution in [2.75, 3.05) is 26.4 Å². The van der Waals surface area contributed by atoms with Crippen molar-refractivity contribution in [3.05, 3.63) is 146 Å². The van der Waals surface area contributed by atoms with Crippen LogP contribution < -0.4 is 0 Å². The first-order valence-electron chi connectivity index (χ1n) is 24.6. The van der Waals surface area contributed by atoms with Crippen molar-refractivity contribution >= 4 is 16.4 Å². The monoisotopic (exact) mass is 969 g/mol. The summed E-state index contributed by atoms with van der Waals surface area (Å²) in [5.41, 5.74) is 0. The topological polar surface area (TPSA) is 178 Å². The summed E-state index contributed by atoms with van der Waals surface area (Å²) >= 11 is 0. The van der Waals surface area contributed by atoms with Crippen LogP contribution in [-0.2, 0) is 38.3 Å². The van der Waals surface area contributed by atoms with Crippen LogP contribution in [0.25, 0.3) is 0 Å². The zero-order valence-electron chi connectivity index (χ0n) is 40.8. The van der Waals surface area contributed by atoms with Gasteiger partial charge in [0.2, 0.25) is 0 Å². The highest BCUT2D eigenvalue weighted by atomic mass is 32.3. The van der Waals surface area contributed by atoms with Crippen LogP contribution in [0.2, 0.25) is 0 Å². The maximum Gasteiger partial charge on any atom is 0.397 e. The van der Waals surface area contributed by atoms with E-state index in [1.165, 1.54) is 0 Å². The Morgan fingerprint density at radius 2 is 0.971 bits per heavy atom. The molecule has 6 atom stereocenters. The van der Waals surface area contributed by atoms with Gasteiger partial charge in [0.25, 0.3) is 0 Å². The first-order chi connectivity index (χ1) is 33.1. The number of unbranched alkanes of at least 4 members (excludes halogenated alkanes) is 3. The van der Waals surface area contributed by atoms with E-state index in [1.54, 1.807) is 0 Å². The molecule has 12 nitrogen and oxygen atoms in total. The molecular formula is C55H84O12S. The molecular weight excluding hydrogens is 885 g/mol. The Balaban J connectivity index is 2.47. The zero-order chi connectivity index (χ0) is 49.6. The van der Waals surface area contributed by atoms with E-state index in [0.717, 1.165) is 96.3 Å². The lowest BCUT2D eigenvalue weighted by Crippen LogP contribution is -2.60. The van der Waals surface area contributed by atoms with Crippen LogP contribution in [0.5, 0.6) is 0 Å². The number of hydrogen-bond acceptors (Lipinski definition) is 11. The Bertz CT molecular complexity index is 1730. The number of aliphatic hydroxyl groups excluding tert-OH is 3. The molecule has 1 aliphatic heterocycles. The fourth-order valence-electron chi connectivity index (χ4n) is 6.36. The molecule has 1 rings (SSSR count). The molecule has 68 heavy (non-hydrogen) atoms. The molecule has 1 heterocycles. The van der Waals surface area contributed by atoms with Gasteiger partial charge < -0.3 is 34.3 Å². The molecule has 0 amide bonds. The molecule has 0 aromatic rings. The summed E-state index contributed by atoms with van der Waals surface area (Å²) in [6, 6.07) is 0. The highest BCUT2D eigenvalue weighted by Crippen LogP contribution is 2.26. The van der Waals surface area contributed by atoms with Crippen LogP contribution in [0.15, 0.2) is 146 Å². The molecule has 0 saturated carbocycles. The van der Waals surface area contributed by atoms with Crippen LogP contribution in [0, 0.1) is 0 Å². The molecule has 1 fully saturated rings. The standard InChI is InChI=1S/C55H84O12S/c1-3-5-7-9-11-13-15-17-19-21-22-23-24-25-26-27-28-29-30-32-34-36-38-40-42-44-51(57)65-49(48-64-55-53(59)54(67-68(60,61)62)52(58)50(46-56)66-55)47-63-45-43-41-39-37-35-33-31-20-18-16-14-12-10-8-6-4-2/h5-8,11-14,17-20,22-23,25-26,28-29,32-35,39,41,49-50,52-56,58-59H,3-4,9-10,15-16,21,24,27,30-31,36-38,40,42-48H2,1-2H3,(H,60,61,62)/b7-5-,8-6-,13-11-,14-12-,19-17-,20-18-,23-22-,26-25-,29-28-,34-32-,35-33-,41-39-. The van der Waals surface area contributed by atoms with Crippen molar-refractivity contribution in [2.45, 2.75) is 166 Å². The molecule has 0 aliphatic carbocycles. The Hall–Kier alpha value is -4.02. The number of carbonyl (C=O) groups excluding carboxylic acids is 1. The zero-order valence-corrected chi connectivity index (χ0v) is 41.7. The van der Waals surface area contributed by atoms with E-state index >= 15 is 0 Å². The van der Waals surface area contributed by atoms with Gasteiger partial charge in [-0.2, -0.15) is 8.42 Å². The minimum absolute atomic E-state index is 0.0438. The second-order valence-corrected chi connectivity index (χ2v) is 17.0. The van der Waals surface area contributed by atoms with Gasteiger partial charge in [-0.1, -0.05) is 166 Å². The van der Waals surface area contributed by atoms with Crippen molar-refractivity contribution in [1.29, 1.82) is 0 Å². The largest absolute Gasteiger partial charge is 0.457 e.